The quantitative estimate of drug-likeness (QED) is 0.677. The molecule has 27 heavy (non-hydrogen) atoms. The summed E-state index contributed by atoms with van der Waals surface area (Å²) in [6.45, 7) is 6.83. The second-order valence-corrected chi connectivity index (χ2v) is 6.59. The Morgan fingerprint density at radius 2 is 1.74 bits per heavy atom. The minimum Gasteiger partial charge on any atom is -0.451 e. The molecule has 142 valence electrons. The summed E-state index contributed by atoms with van der Waals surface area (Å²) in [5.41, 5.74) is 4.85. The summed E-state index contributed by atoms with van der Waals surface area (Å²) < 4.78 is 10.1. The van der Waals surface area contributed by atoms with E-state index in [2.05, 4.69) is 54.3 Å². The molecular weight excluding hydrogens is 344 g/mol. The first-order valence-electron chi connectivity index (χ1n) is 8.93. The molecule has 1 atom stereocenters. The number of oxazole rings is 2. The standard InChI is InChI=1S/C20H24N4O3/c1-4-19(18-6-5-14(2)7-15(18)3)23-20(25)24(8-16-10-26-12-21-16)9-17-11-27-13-22-17/h5-7,10-13,19H,4,8-9H2,1-3H3,(H,23,25)/t19-/m1/s1. The molecule has 7 nitrogen and oxygen atoms in total. The molecule has 1 N–H and O–H groups in total. The van der Waals surface area contributed by atoms with Crippen molar-refractivity contribution in [3.8, 4) is 0 Å². The summed E-state index contributed by atoms with van der Waals surface area (Å²) in [6.07, 6.45) is 6.56. The van der Waals surface area contributed by atoms with Crippen LogP contribution in [0.1, 0.15) is 47.5 Å². The Labute approximate surface area is 158 Å². The zero-order valence-corrected chi connectivity index (χ0v) is 15.8. The predicted octanol–water partition coefficient (Wildman–Crippen LogP) is 4.14. The molecule has 0 unspecified atom stereocenters. The molecule has 2 heterocycles. The Morgan fingerprint density at radius 3 is 2.22 bits per heavy atom. The fourth-order valence-electron chi connectivity index (χ4n) is 3.08. The van der Waals surface area contributed by atoms with E-state index in [-0.39, 0.29) is 12.1 Å². The van der Waals surface area contributed by atoms with Gasteiger partial charge in [0.05, 0.1) is 30.5 Å². The Kier molecular flexibility index (Phi) is 5.90. The monoisotopic (exact) mass is 368 g/mol. The van der Waals surface area contributed by atoms with E-state index < -0.39 is 0 Å². The van der Waals surface area contributed by atoms with Crippen molar-refractivity contribution in [1.29, 1.82) is 0 Å². The van der Waals surface area contributed by atoms with Crippen LogP contribution in [0.15, 0.2) is 52.3 Å². The predicted molar refractivity (Wildman–Crippen MR) is 99.7 cm³/mol. The molecule has 0 saturated heterocycles. The number of aryl methyl sites for hydroxylation is 2. The van der Waals surface area contributed by atoms with Crippen molar-refractivity contribution >= 4 is 6.03 Å². The van der Waals surface area contributed by atoms with Crippen molar-refractivity contribution in [3.63, 3.8) is 0 Å². The Balaban J connectivity index is 1.77. The lowest BCUT2D eigenvalue weighted by Gasteiger charge is -2.26. The first-order chi connectivity index (χ1) is 13.1. The maximum Gasteiger partial charge on any atom is 0.318 e. The van der Waals surface area contributed by atoms with E-state index in [1.165, 1.54) is 36.4 Å². The van der Waals surface area contributed by atoms with E-state index in [1.807, 2.05) is 0 Å². The number of aromatic nitrogens is 2. The van der Waals surface area contributed by atoms with Crippen LogP contribution in [0.3, 0.4) is 0 Å². The fraction of sp³-hybridized carbons (Fsp3) is 0.350. The van der Waals surface area contributed by atoms with Crippen LogP contribution in [0.4, 0.5) is 4.79 Å². The molecule has 7 heteroatoms. The van der Waals surface area contributed by atoms with Gasteiger partial charge in [-0.3, -0.25) is 0 Å². The van der Waals surface area contributed by atoms with Gasteiger partial charge in [-0.1, -0.05) is 30.7 Å². The summed E-state index contributed by atoms with van der Waals surface area (Å²) in [7, 11) is 0. The number of urea groups is 1. The normalized spacial score (nSPS) is 12.0. The van der Waals surface area contributed by atoms with Crippen LogP contribution in [0.25, 0.3) is 0 Å². The van der Waals surface area contributed by atoms with Crippen molar-refractivity contribution in [2.45, 2.75) is 46.3 Å². The number of rotatable bonds is 7. The largest absolute Gasteiger partial charge is 0.451 e. The number of amides is 2. The average molecular weight is 368 g/mol. The third-order valence-corrected chi connectivity index (χ3v) is 4.47. The zero-order valence-electron chi connectivity index (χ0n) is 15.8. The van der Waals surface area contributed by atoms with Crippen LogP contribution < -0.4 is 5.32 Å². The third kappa shape index (κ3) is 4.75. The van der Waals surface area contributed by atoms with E-state index in [0.29, 0.717) is 24.5 Å². The van der Waals surface area contributed by atoms with Crippen molar-refractivity contribution in [3.05, 3.63) is 71.6 Å². The van der Waals surface area contributed by atoms with Gasteiger partial charge in [-0.2, -0.15) is 0 Å². The van der Waals surface area contributed by atoms with Crippen LogP contribution in [0.5, 0.6) is 0 Å². The number of nitrogens with zero attached hydrogens (tertiary/aromatic N) is 3. The molecule has 0 aliphatic carbocycles. The van der Waals surface area contributed by atoms with Crippen molar-refractivity contribution < 1.29 is 13.6 Å². The Morgan fingerprint density at radius 1 is 1.11 bits per heavy atom. The van der Waals surface area contributed by atoms with E-state index in [1.54, 1.807) is 4.90 Å². The first-order valence-corrected chi connectivity index (χ1v) is 8.93. The highest BCUT2D eigenvalue weighted by Gasteiger charge is 2.21. The van der Waals surface area contributed by atoms with Gasteiger partial charge in [-0.25, -0.2) is 14.8 Å². The van der Waals surface area contributed by atoms with Gasteiger partial charge < -0.3 is 19.1 Å². The van der Waals surface area contributed by atoms with Crippen LogP contribution >= 0.6 is 0 Å². The zero-order chi connectivity index (χ0) is 19.2. The summed E-state index contributed by atoms with van der Waals surface area (Å²) in [5.74, 6) is 0. The van der Waals surface area contributed by atoms with Gasteiger partial charge in [0.15, 0.2) is 12.8 Å². The van der Waals surface area contributed by atoms with E-state index in [0.717, 1.165) is 12.0 Å². The summed E-state index contributed by atoms with van der Waals surface area (Å²) in [4.78, 5) is 22.9. The highest BCUT2D eigenvalue weighted by atomic mass is 16.3. The molecule has 0 bridgehead atoms. The molecular formula is C20H24N4O3. The highest BCUT2D eigenvalue weighted by molar-refractivity contribution is 5.74. The number of nitrogens with one attached hydrogen (secondary N) is 1. The summed E-state index contributed by atoms with van der Waals surface area (Å²) >= 11 is 0. The topological polar surface area (TPSA) is 84.4 Å². The van der Waals surface area contributed by atoms with Crippen LogP contribution in [0.2, 0.25) is 0 Å². The molecule has 3 aromatic rings. The SMILES string of the molecule is CC[C@@H](NC(=O)N(Cc1cocn1)Cc1cocn1)c1ccc(C)cc1C. The minimum absolute atomic E-state index is 0.0739. The van der Waals surface area contributed by atoms with Crippen LogP contribution in [0, 0.1) is 13.8 Å². The molecule has 0 fully saturated rings. The maximum atomic E-state index is 13.0. The van der Waals surface area contributed by atoms with Gasteiger partial charge in [0.2, 0.25) is 0 Å². The van der Waals surface area contributed by atoms with Gasteiger partial charge >= 0.3 is 6.03 Å². The Bertz CT molecular complexity index is 823. The number of benzene rings is 1. The van der Waals surface area contributed by atoms with Crippen molar-refractivity contribution in [2.75, 3.05) is 0 Å². The van der Waals surface area contributed by atoms with Gasteiger partial charge in [0.1, 0.15) is 12.5 Å². The number of carbonyl (C=O) groups is 1. The lowest BCUT2D eigenvalue weighted by molar-refractivity contribution is 0.186. The Hall–Kier alpha value is -3.09. The van der Waals surface area contributed by atoms with E-state index in [9.17, 15) is 4.79 Å². The van der Waals surface area contributed by atoms with Crippen molar-refractivity contribution in [1.82, 2.24) is 20.2 Å². The summed E-state index contributed by atoms with van der Waals surface area (Å²) in [5, 5.41) is 3.14. The molecule has 0 spiro atoms. The second-order valence-electron chi connectivity index (χ2n) is 6.59. The smallest absolute Gasteiger partial charge is 0.318 e. The highest BCUT2D eigenvalue weighted by Crippen LogP contribution is 2.22. The van der Waals surface area contributed by atoms with Gasteiger partial charge in [-0.05, 0) is 31.4 Å². The number of hydrogen-bond acceptors (Lipinski definition) is 5. The van der Waals surface area contributed by atoms with Crippen LogP contribution in [-0.4, -0.2) is 20.9 Å². The average Bonchev–Trinajstić information content (AvgIpc) is 3.33. The minimum atomic E-state index is -0.187. The maximum absolute atomic E-state index is 13.0. The van der Waals surface area contributed by atoms with Crippen molar-refractivity contribution in [2.24, 2.45) is 0 Å². The first kappa shape index (κ1) is 18.7. The molecule has 0 radical (unpaired) electrons. The number of carbonyl (C=O) groups excluding carboxylic acids is 1. The molecule has 0 aliphatic heterocycles. The molecule has 2 aromatic heterocycles. The fourth-order valence-corrected chi connectivity index (χ4v) is 3.08. The lowest BCUT2D eigenvalue weighted by atomic mass is 9.97. The second kappa shape index (κ2) is 8.53. The van der Waals surface area contributed by atoms with Gasteiger partial charge in [0.25, 0.3) is 0 Å². The lowest BCUT2D eigenvalue weighted by Crippen LogP contribution is -2.41. The molecule has 2 amide bonds. The molecule has 0 aliphatic rings. The van der Waals surface area contributed by atoms with Crippen LogP contribution in [-0.2, 0) is 13.1 Å². The van der Waals surface area contributed by atoms with E-state index >= 15 is 0 Å². The van der Waals surface area contributed by atoms with Gasteiger partial charge in [-0.15, -0.1) is 0 Å². The summed E-state index contributed by atoms with van der Waals surface area (Å²) in [6, 6.07) is 6.02. The molecule has 0 saturated carbocycles. The molecule has 3 rings (SSSR count). The molecule has 1 aromatic carbocycles. The van der Waals surface area contributed by atoms with E-state index in [4.69, 9.17) is 8.83 Å². The third-order valence-electron chi connectivity index (χ3n) is 4.47. The van der Waals surface area contributed by atoms with Gasteiger partial charge in [0, 0.05) is 0 Å². The number of hydrogen-bond donors (Lipinski definition) is 1.